The molecule has 7 heteroatoms. The zero-order valence-corrected chi connectivity index (χ0v) is 19.6. The van der Waals surface area contributed by atoms with Crippen LogP contribution in [0.4, 0.5) is 0 Å². The summed E-state index contributed by atoms with van der Waals surface area (Å²) in [6.45, 7) is 0. The monoisotopic (exact) mass is 566 g/mol. The maximum Gasteiger partial charge on any atom is 0 e. The summed E-state index contributed by atoms with van der Waals surface area (Å²) >= 11 is 9.42. The van der Waals surface area contributed by atoms with Crippen LogP contribution in [0.2, 0.25) is 0 Å². The third-order valence-corrected chi connectivity index (χ3v) is 5.52. The van der Waals surface area contributed by atoms with Crippen LogP contribution in [0.15, 0.2) is 84.2 Å². The predicted molar refractivity (Wildman–Crippen MR) is 109 cm³/mol. The number of hydrogen-bond acceptors (Lipinski definition) is 0. The fraction of sp³-hybridized carbons (Fsp3) is 0.111. The van der Waals surface area contributed by atoms with Gasteiger partial charge in [0.05, 0.1) is 5.34 Å². The van der Waals surface area contributed by atoms with E-state index in [2.05, 4.69) is 78.9 Å². The van der Waals surface area contributed by atoms with Gasteiger partial charge in [0.25, 0.3) is 0 Å². The molecule has 0 nitrogen and oxygen atoms in total. The standard InChI is InChI=1S/C17H15P.CH2Cl2.2ClH.Fe.Pd/c1-3-9-15(10-4-1)18(17-13-7-8-14-17)16-11-5-2-6-12-16;2-1-3;;;;/h1-7,9-14H,8H2;1H2;2*1H;;/q;;;;;+2/p-2. The third kappa shape index (κ3) is 9.98. The van der Waals surface area contributed by atoms with Gasteiger partial charge in [-0.05, 0) is 30.3 Å². The maximum atomic E-state index is 4.81. The summed E-state index contributed by atoms with van der Waals surface area (Å²) in [5.41, 5.74) is 0. The van der Waals surface area contributed by atoms with E-state index in [1.165, 1.54) is 15.9 Å². The van der Waals surface area contributed by atoms with Crippen molar-refractivity contribution in [3.8, 4) is 0 Å². The Hall–Kier alpha value is 0.692. The first-order chi connectivity index (χ1) is 11.8. The second-order valence-corrected chi connectivity index (χ2v) is 9.81. The zero-order chi connectivity index (χ0) is 17.6. The average Bonchev–Trinajstić information content (AvgIpc) is 3.13. The molecule has 0 saturated heterocycles. The zero-order valence-electron chi connectivity index (χ0n) is 13.0. The van der Waals surface area contributed by atoms with Crippen LogP contribution in [0.3, 0.4) is 0 Å². The minimum atomic E-state index is -0.378. The molecule has 1 aliphatic carbocycles. The van der Waals surface area contributed by atoms with Gasteiger partial charge >= 0.3 is 35.0 Å². The van der Waals surface area contributed by atoms with Crippen molar-refractivity contribution in [3.05, 3.63) is 84.2 Å². The molecule has 0 N–H and O–H groups in total. The summed E-state index contributed by atoms with van der Waals surface area (Å²) < 4.78 is 0. The second-order valence-electron chi connectivity index (χ2n) is 4.42. The Morgan fingerprint density at radius 2 is 1.24 bits per heavy atom. The molecule has 2 aromatic rings. The number of hydrogen-bond donors (Lipinski definition) is 0. The van der Waals surface area contributed by atoms with Crippen molar-refractivity contribution in [2.75, 3.05) is 5.34 Å². The van der Waals surface area contributed by atoms with Gasteiger partial charge in [-0.3, -0.25) is 0 Å². The van der Waals surface area contributed by atoms with Crippen LogP contribution in [0.25, 0.3) is 0 Å². The van der Waals surface area contributed by atoms with Gasteiger partial charge in [0.15, 0.2) is 0 Å². The van der Waals surface area contributed by atoms with Crippen molar-refractivity contribution < 1.29 is 33.0 Å². The van der Waals surface area contributed by atoms with E-state index in [1.54, 1.807) is 0 Å². The van der Waals surface area contributed by atoms with Crippen LogP contribution in [0.5, 0.6) is 0 Å². The van der Waals surface area contributed by atoms with Crippen LogP contribution in [0, 0.1) is 0 Å². The van der Waals surface area contributed by atoms with Crippen molar-refractivity contribution in [2.45, 2.75) is 6.42 Å². The molecule has 0 unspecified atom stereocenters. The Kier molecular flexibility index (Phi) is 17.3. The number of allylic oxidation sites excluding steroid dienone is 4. The van der Waals surface area contributed by atoms with Gasteiger partial charge in [0.1, 0.15) is 0 Å². The first kappa shape index (κ1) is 25.7. The van der Waals surface area contributed by atoms with Crippen LogP contribution < -0.4 is 10.6 Å². The van der Waals surface area contributed by atoms with Crippen LogP contribution in [-0.2, 0) is 33.0 Å². The van der Waals surface area contributed by atoms with E-state index >= 15 is 0 Å². The van der Waals surface area contributed by atoms with Gasteiger partial charge in [-0.25, -0.2) is 0 Å². The van der Waals surface area contributed by atoms with E-state index in [0.717, 1.165) is 6.42 Å². The van der Waals surface area contributed by atoms with E-state index < -0.39 is 0 Å². The van der Waals surface area contributed by atoms with Gasteiger partial charge in [0.2, 0.25) is 0 Å². The predicted octanol–water partition coefficient (Wildman–Crippen LogP) is 6.76. The number of benzene rings is 2. The molecule has 0 amide bonds. The molecule has 2 aromatic carbocycles. The third-order valence-electron chi connectivity index (χ3n) is 3.04. The van der Waals surface area contributed by atoms with Crippen molar-refractivity contribution in [3.63, 3.8) is 0 Å². The molecular formula is C18H17Cl4FePPd. The second kappa shape index (κ2) is 16.8. The Labute approximate surface area is 188 Å². The summed E-state index contributed by atoms with van der Waals surface area (Å²) in [5.74, 6) is 0. The van der Waals surface area contributed by atoms with E-state index in [0.29, 0.717) is 0 Å². The molecule has 1 aliphatic rings. The molecule has 140 valence electrons. The normalized spacial score (nSPS) is 11.6. The molecular weight excluding hydrogens is 551 g/mol. The summed E-state index contributed by atoms with van der Waals surface area (Å²) in [5, 5.41) is 4.52. The number of halogens is 4. The molecule has 0 spiro atoms. The summed E-state index contributed by atoms with van der Waals surface area (Å²) in [7, 11) is 9.25. The quantitative estimate of drug-likeness (QED) is 0.218. The molecule has 0 atom stereocenters. The first-order valence-corrected chi connectivity index (χ1v) is 13.4. The van der Waals surface area contributed by atoms with Crippen molar-refractivity contribution >= 4 is 60.8 Å². The fourth-order valence-corrected chi connectivity index (χ4v) is 4.59. The van der Waals surface area contributed by atoms with E-state index in [1.807, 2.05) is 0 Å². The van der Waals surface area contributed by atoms with Gasteiger partial charge in [-0.1, -0.05) is 78.9 Å². The van der Waals surface area contributed by atoms with E-state index in [9.17, 15) is 0 Å². The van der Waals surface area contributed by atoms with E-state index in [4.69, 9.17) is 42.3 Å². The summed E-state index contributed by atoms with van der Waals surface area (Å²) in [6.07, 6.45) is 7.96. The van der Waals surface area contributed by atoms with Crippen molar-refractivity contribution in [1.29, 1.82) is 0 Å². The number of rotatable bonds is 3. The minimum absolute atomic E-state index is 0. The van der Waals surface area contributed by atoms with Crippen LogP contribution in [-0.4, -0.2) is 5.34 Å². The largest absolute Gasteiger partial charge is 0 e. The Balaban J connectivity index is 0.000000729. The minimum Gasteiger partial charge on any atom is 0 e. The maximum absolute atomic E-state index is 4.81. The van der Waals surface area contributed by atoms with Gasteiger partial charge in [-0.15, -0.1) is 23.2 Å². The smallest absolute Gasteiger partial charge is 0 e. The average molecular weight is 568 g/mol. The SMILES string of the molecule is C1=CC(P(c2ccccc2)c2ccccc2)=CC1.ClCCl.[Cl][Pd][Cl].[Fe]. The van der Waals surface area contributed by atoms with Crippen molar-refractivity contribution in [1.82, 2.24) is 0 Å². The fourth-order valence-electron chi connectivity index (χ4n) is 2.21. The molecule has 0 bridgehead atoms. The van der Waals surface area contributed by atoms with E-state index in [-0.39, 0.29) is 46.3 Å². The molecule has 25 heavy (non-hydrogen) atoms. The summed E-state index contributed by atoms with van der Waals surface area (Å²) in [6, 6.07) is 21.7. The van der Waals surface area contributed by atoms with Gasteiger partial charge < -0.3 is 0 Å². The Morgan fingerprint density at radius 3 is 1.56 bits per heavy atom. The molecule has 0 aromatic heterocycles. The Bertz CT molecular complexity index is 582. The topological polar surface area (TPSA) is 0 Å². The van der Waals surface area contributed by atoms with Crippen LogP contribution in [0.1, 0.15) is 6.42 Å². The van der Waals surface area contributed by atoms with Crippen molar-refractivity contribution in [2.24, 2.45) is 0 Å². The molecule has 0 saturated carbocycles. The number of alkyl halides is 2. The molecule has 0 fully saturated rings. The summed E-state index contributed by atoms with van der Waals surface area (Å²) in [4.78, 5) is 0. The Morgan fingerprint density at radius 1 is 0.840 bits per heavy atom. The van der Waals surface area contributed by atoms with Gasteiger partial charge in [-0.2, -0.15) is 0 Å². The molecule has 0 heterocycles. The van der Waals surface area contributed by atoms with Crippen LogP contribution >= 0.6 is 50.2 Å². The molecule has 3 rings (SSSR count). The molecule has 0 aliphatic heterocycles. The molecule has 0 radical (unpaired) electrons. The van der Waals surface area contributed by atoms with Gasteiger partial charge in [0, 0.05) is 17.1 Å². The first-order valence-electron chi connectivity index (χ1n) is 6.99.